The zero-order valence-electron chi connectivity index (χ0n) is 10.5. The minimum Gasteiger partial charge on any atom is -0.493 e. The quantitative estimate of drug-likeness (QED) is 0.614. The van der Waals surface area contributed by atoms with Crippen LogP contribution < -0.4 is 4.74 Å². The Hall–Kier alpha value is -1.80. The van der Waals surface area contributed by atoms with Gasteiger partial charge in [0.1, 0.15) is 5.75 Å². The highest BCUT2D eigenvalue weighted by molar-refractivity contribution is 7.10. The van der Waals surface area contributed by atoms with E-state index in [2.05, 4.69) is 53.9 Å². The third-order valence-corrected chi connectivity index (χ3v) is 4.81. The lowest BCUT2D eigenvalue weighted by Crippen LogP contribution is -2.14. The van der Waals surface area contributed by atoms with Gasteiger partial charge in [-0.1, -0.05) is 42.5 Å². The van der Waals surface area contributed by atoms with Gasteiger partial charge in [0.2, 0.25) is 0 Å². The average molecular weight is 266 g/mol. The fraction of sp³-hybridized carbons (Fsp3) is 0.176. The van der Waals surface area contributed by atoms with Gasteiger partial charge in [-0.05, 0) is 23.3 Å². The second-order valence-electron chi connectivity index (χ2n) is 4.91. The lowest BCUT2D eigenvalue weighted by atomic mass is 9.89. The number of rotatable bonds is 1. The van der Waals surface area contributed by atoms with Gasteiger partial charge in [0.15, 0.2) is 0 Å². The van der Waals surface area contributed by atoms with Crippen LogP contribution in [0.25, 0.3) is 10.8 Å². The minimum absolute atomic E-state index is 0.494. The molecule has 94 valence electrons. The molecule has 0 saturated carbocycles. The van der Waals surface area contributed by atoms with Crippen LogP contribution in [0.5, 0.6) is 5.75 Å². The van der Waals surface area contributed by atoms with E-state index in [-0.39, 0.29) is 0 Å². The van der Waals surface area contributed by atoms with E-state index in [4.69, 9.17) is 4.74 Å². The molecule has 2 heteroatoms. The van der Waals surface area contributed by atoms with Crippen molar-refractivity contribution in [1.29, 1.82) is 0 Å². The van der Waals surface area contributed by atoms with Gasteiger partial charge in [-0.15, -0.1) is 11.3 Å². The van der Waals surface area contributed by atoms with E-state index in [1.807, 2.05) is 11.3 Å². The molecule has 1 aromatic heterocycles. The summed E-state index contributed by atoms with van der Waals surface area (Å²) in [5.41, 5.74) is 1.34. The molecule has 0 N–H and O–H groups in total. The molecular weight excluding hydrogens is 252 g/mol. The van der Waals surface area contributed by atoms with Crippen LogP contribution in [0.4, 0.5) is 0 Å². The monoisotopic (exact) mass is 266 g/mol. The molecule has 0 spiro atoms. The SMILES string of the molecule is c1csc(C2CCOc3c2ccc2ccccc32)c1. The zero-order valence-corrected chi connectivity index (χ0v) is 11.3. The molecule has 1 aliphatic rings. The number of fused-ring (bicyclic) bond motifs is 3. The summed E-state index contributed by atoms with van der Waals surface area (Å²) >= 11 is 1.84. The fourth-order valence-electron chi connectivity index (χ4n) is 2.91. The Balaban J connectivity index is 1.94. The van der Waals surface area contributed by atoms with Gasteiger partial charge in [-0.25, -0.2) is 0 Å². The summed E-state index contributed by atoms with van der Waals surface area (Å²) in [7, 11) is 0. The van der Waals surface area contributed by atoms with Crippen molar-refractivity contribution in [3.8, 4) is 5.75 Å². The second-order valence-corrected chi connectivity index (χ2v) is 5.89. The number of hydrogen-bond donors (Lipinski definition) is 0. The predicted octanol–water partition coefficient (Wildman–Crippen LogP) is 4.82. The lowest BCUT2D eigenvalue weighted by Gasteiger charge is -2.26. The number of benzene rings is 2. The van der Waals surface area contributed by atoms with Crippen LogP contribution in [-0.2, 0) is 0 Å². The van der Waals surface area contributed by atoms with Crippen molar-refractivity contribution in [3.05, 3.63) is 64.4 Å². The van der Waals surface area contributed by atoms with Crippen LogP contribution in [0.1, 0.15) is 22.8 Å². The number of hydrogen-bond acceptors (Lipinski definition) is 2. The largest absolute Gasteiger partial charge is 0.493 e. The first kappa shape index (κ1) is 11.1. The van der Waals surface area contributed by atoms with E-state index in [1.165, 1.54) is 21.2 Å². The third-order valence-electron chi connectivity index (χ3n) is 3.83. The molecule has 1 atom stereocenters. The van der Waals surface area contributed by atoms with Crippen molar-refractivity contribution < 1.29 is 4.74 Å². The summed E-state index contributed by atoms with van der Waals surface area (Å²) in [5.74, 6) is 1.58. The molecule has 3 aromatic rings. The smallest absolute Gasteiger partial charge is 0.130 e. The van der Waals surface area contributed by atoms with Gasteiger partial charge >= 0.3 is 0 Å². The highest BCUT2D eigenvalue weighted by atomic mass is 32.1. The van der Waals surface area contributed by atoms with Gasteiger partial charge in [0.05, 0.1) is 6.61 Å². The van der Waals surface area contributed by atoms with Crippen LogP contribution in [0.2, 0.25) is 0 Å². The van der Waals surface area contributed by atoms with E-state index in [0.717, 1.165) is 18.8 Å². The molecule has 0 fully saturated rings. The molecule has 0 radical (unpaired) electrons. The maximum absolute atomic E-state index is 5.97. The predicted molar refractivity (Wildman–Crippen MR) is 80.2 cm³/mol. The van der Waals surface area contributed by atoms with Crippen molar-refractivity contribution in [2.24, 2.45) is 0 Å². The first-order chi connectivity index (χ1) is 9.43. The van der Waals surface area contributed by atoms with Gasteiger partial charge in [-0.3, -0.25) is 0 Å². The molecule has 2 heterocycles. The summed E-state index contributed by atoms with van der Waals surface area (Å²) in [4.78, 5) is 1.44. The fourth-order valence-corrected chi connectivity index (χ4v) is 3.80. The summed E-state index contributed by atoms with van der Waals surface area (Å²) < 4.78 is 5.97. The normalized spacial score (nSPS) is 18.0. The first-order valence-electron chi connectivity index (χ1n) is 6.61. The molecule has 0 bridgehead atoms. The molecule has 1 unspecified atom stereocenters. The van der Waals surface area contributed by atoms with Crippen LogP contribution in [-0.4, -0.2) is 6.61 Å². The molecule has 1 aliphatic heterocycles. The van der Waals surface area contributed by atoms with Crippen molar-refractivity contribution in [3.63, 3.8) is 0 Å². The van der Waals surface area contributed by atoms with Crippen LogP contribution in [0, 0.1) is 0 Å². The van der Waals surface area contributed by atoms with E-state index < -0.39 is 0 Å². The molecule has 0 amide bonds. The van der Waals surface area contributed by atoms with E-state index >= 15 is 0 Å². The summed E-state index contributed by atoms with van der Waals surface area (Å²) in [5, 5.41) is 4.65. The van der Waals surface area contributed by atoms with Crippen LogP contribution >= 0.6 is 11.3 Å². The van der Waals surface area contributed by atoms with Crippen LogP contribution in [0.3, 0.4) is 0 Å². The molecule has 0 saturated heterocycles. The molecular formula is C17H14OS. The Labute approximate surface area is 116 Å². The highest BCUT2D eigenvalue weighted by Gasteiger charge is 2.25. The number of ether oxygens (including phenoxy) is 1. The number of thiophene rings is 1. The maximum Gasteiger partial charge on any atom is 0.130 e. The first-order valence-corrected chi connectivity index (χ1v) is 7.49. The average Bonchev–Trinajstić information content (AvgIpc) is 3.00. The third kappa shape index (κ3) is 1.75. The van der Waals surface area contributed by atoms with Crippen molar-refractivity contribution in [1.82, 2.24) is 0 Å². The van der Waals surface area contributed by atoms with Crippen molar-refractivity contribution in [2.75, 3.05) is 6.61 Å². The van der Waals surface area contributed by atoms with Crippen molar-refractivity contribution in [2.45, 2.75) is 12.3 Å². The Morgan fingerprint density at radius 2 is 1.95 bits per heavy atom. The Bertz CT molecular complexity index is 715. The molecule has 0 aliphatic carbocycles. The van der Waals surface area contributed by atoms with Gasteiger partial charge in [-0.2, -0.15) is 0 Å². The summed E-state index contributed by atoms with van der Waals surface area (Å²) in [6, 6.07) is 17.3. The van der Waals surface area contributed by atoms with E-state index in [1.54, 1.807) is 0 Å². The van der Waals surface area contributed by atoms with Gasteiger partial charge < -0.3 is 4.74 Å². The second kappa shape index (κ2) is 4.39. The minimum atomic E-state index is 0.494. The molecule has 1 nitrogen and oxygen atoms in total. The molecule has 4 rings (SSSR count). The van der Waals surface area contributed by atoms with E-state index in [9.17, 15) is 0 Å². The van der Waals surface area contributed by atoms with Gasteiger partial charge in [0.25, 0.3) is 0 Å². The summed E-state index contributed by atoms with van der Waals surface area (Å²) in [6.45, 7) is 0.809. The molecule has 2 aromatic carbocycles. The Kier molecular flexibility index (Phi) is 2.56. The lowest BCUT2D eigenvalue weighted by molar-refractivity contribution is 0.281. The van der Waals surface area contributed by atoms with Crippen LogP contribution in [0.15, 0.2) is 53.9 Å². The summed E-state index contributed by atoms with van der Waals surface area (Å²) in [6.07, 6.45) is 1.08. The Morgan fingerprint density at radius 1 is 1.00 bits per heavy atom. The van der Waals surface area contributed by atoms with Crippen molar-refractivity contribution >= 4 is 22.1 Å². The zero-order chi connectivity index (χ0) is 12.7. The van der Waals surface area contributed by atoms with E-state index in [0.29, 0.717) is 5.92 Å². The maximum atomic E-state index is 5.97. The standard InChI is InChI=1S/C17H14OS/c1-2-5-13-12(4-1)7-8-15-14(9-10-18-17(13)15)16-6-3-11-19-16/h1-8,11,14H,9-10H2. The van der Waals surface area contributed by atoms with Gasteiger partial charge in [0, 0.05) is 21.7 Å². The Morgan fingerprint density at radius 3 is 2.84 bits per heavy atom. The highest BCUT2D eigenvalue weighted by Crippen LogP contribution is 2.43. The topological polar surface area (TPSA) is 9.23 Å². The molecule has 19 heavy (non-hydrogen) atoms.